The van der Waals surface area contributed by atoms with Gasteiger partial charge in [0.2, 0.25) is 5.91 Å². The third-order valence-electron chi connectivity index (χ3n) is 4.93. The number of benzene rings is 1. The Hall–Kier alpha value is -2.18. The fourth-order valence-electron chi connectivity index (χ4n) is 3.91. The topological polar surface area (TPSA) is 59.4 Å². The molecule has 1 aromatic heterocycles. The number of anilines is 1. The van der Waals surface area contributed by atoms with Gasteiger partial charge in [0, 0.05) is 30.7 Å². The number of rotatable bonds is 5. The third-order valence-corrected chi connectivity index (χ3v) is 4.93. The average molecular weight is 370 g/mol. The molecule has 146 valence electrons. The number of morpholine rings is 1. The molecule has 0 saturated carbocycles. The van der Waals surface area contributed by atoms with Crippen molar-refractivity contribution in [2.24, 2.45) is 5.92 Å². The maximum absolute atomic E-state index is 13.1. The quantitative estimate of drug-likeness (QED) is 0.878. The first-order valence-electron chi connectivity index (χ1n) is 9.66. The van der Waals surface area contributed by atoms with Gasteiger partial charge in [-0.25, -0.2) is 4.68 Å². The van der Waals surface area contributed by atoms with Crippen molar-refractivity contribution in [1.29, 1.82) is 0 Å². The lowest BCUT2D eigenvalue weighted by Gasteiger charge is -2.41. The summed E-state index contributed by atoms with van der Waals surface area (Å²) in [5, 5.41) is 7.45. The van der Waals surface area contributed by atoms with Crippen molar-refractivity contribution >= 4 is 11.6 Å². The van der Waals surface area contributed by atoms with Crippen LogP contribution in [0.4, 0.5) is 5.69 Å². The van der Waals surface area contributed by atoms with Crippen LogP contribution in [-0.2, 0) is 9.53 Å². The van der Waals surface area contributed by atoms with Gasteiger partial charge in [0.25, 0.3) is 0 Å². The molecule has 3 rings (SSSR count). The standard InChI is InChI=1S/C21H30N4O2/c1-14(2)20(24-12-16(4)27-17(5)13-24)21(26)23-18-7-6-8-19(11-18)25-15(3)9-10-22-25/h6-11,14,16-17,20H,12-13H2,1-5H3,(H,23,26). The van der Waals surface area contributed by atoms with Crippen LogP contribution in [0.3, 0.4) is 0 Å². The van der Waals surface area contributed by atoms with Gasteiger partial charge in [-0.05, 0) is 51.0 Å². The van der Waals surface area contributed by atoms with Gasteiger partial charge in [-0.3, -0.25) is 9.69 Å². The maximum atomic E-state index is 13.1. The predicted molar refractivity (Wildman–Crippen MR) is 107 cm³/mol. The molecule has 0 radical (unpaired) electrons. The van der Waals surface area contributed by atoms with E-state index in [1.807, 2.05) is 41.9 Å². The minimum absolute atomic E-state index is 0.0284. The van der Waals surface area contributed by atoms with Crippen molar-refractivity contribution in [3.63, 3.8) is 0 Å². The molecule has 3 atom stereocenters. The number of hydrogen-bond donors (Lipinski definition) is 1. The monoisotopic (exact) mass is 370 g/mol. The Morgan fingerprint density at radius 1 is 1.22 bits per heavy atom. The molecule has 0 bridgehead atoms. The smallest absolute Gasteiger partial charge is 0.241 e. The van der Waals surface area contributed by atoms with Crippen LogP contribution in [0.2, 0.25) is 0 Å². The Balaban J connectivity index is 1.77. The summed E-state index contributed by atoms with van der Waals surface area (Å²) in [4.78, 5) is 15.4. The number of amides is 1. The third kappa shape index (κ3) is 4.57. The number of ether oxygens (including phenoxy) is 1. The molecule has 1 aliphatic heterocycles. The first kappa shape index (κ1) is 19.6. The lowest BCUT2D eigenvalue weighted by Crippen LogP contribution is -2.55. The molecule has 6 nitrogen and oxygen atoms in total. The molecule has 1 saturated heterocycles. The number of carbonyl (C=O) groups is 1. The molecule has 1 N–H and O–H groups in total. The van der Waals surface area contributed by atoms with Crippen LogP contribution in [0.1, 0.15) is 33.4 Å². The zero-order chi connectivity index (χ0) is 19.6. The lowest BCUT2D eigenvalue weighted by atomic mass is 9.99. The first-order chi connectivity index (χ1) is 12.8. The van der Waals surface area contributed by atoms with Crippen LogP contribution in [0.5, 0.6) is 0 Å². The molecule has 3 unspecified atom stereocenters. The first-order valence-corrected chi connectivity index (χ1v) is 9.66. The minimum atomic E-state index is -0.186. The highest BCUT2D eigenvalue weighted by Gasteiger charge is 2.34. The molecule has 0 spiro atoms. The molecule has 0 aliphatic carbocycles. The number of nitrogens with zero attached hydrogens (tertiary/aromatic N) is 3. The van der Waals surface area contributed by atoms with Crippen LogP contribution in [0.15, 0.2) is 36.5 Å². The van der Waals surface area contributed by atoms with E-state index in [0.717, 1.165) is 30.2 Å². The Labute approximate surface area is 161 Å². The maximum Gasteiger partial charge on any atom is 0.241 e. The van der Waals surface area contributed by atoms with Crippen LogP contribution >= 0.6 is 0 Å². The summed E-state index contributed by atoms with van der Waals surface area (Å²) in [5.41, 5.74) is 2.77. The fraction of sp³-hybridized carbons (Fsp3) is 0.524. The summed E-state index contributed by atoms with van der Waals surface area (Å²) in [5.74, 6) is 0.236. The van der Waals surface area contributed by atoms with Gasteiger partial charge in [0.05, 0.1) is 23.9 Å². The van der Waals surface area contributed by atoms with E-state index in [0.29, 0.717) is 0 Å². The normalized spacial score (nSPS) is 22.0. The van der Waals surface area contributed by atoms with Crippen molar-refractivity contribution in [2.45, 2.75) is 52.9 Å². The zero-order valence-electron chi connectivity index (χ0n) is 16.8. The van der Waals surface area contributed by atoms with Gasteiger partial charge in [-0.15, -0.1) is 0 Å². The number of hydrogen-bond acceptors (Lipinski definition) is 4. The molecule has 1 aromatic carbocycles. The summed E-state index contributed by atoms with van der Waals surface area (Å²) < 4.78 is 7.69. The highest BCUT2D eigenvalue weighted by atomic mass is 16.5. The molecule has 2 heterocycles. The van der Waals surface area contributed by atoms with Gasteiger partial charge in [-0.2, -0.15) is 5.10 Å². The van der Waals surface area contributed by atoms with Crippen molar-refractivity contribution in [3.8, 4) is 5.69 Å². The van der Waals surface area contributed by atoms with E-state index in [9.17, 15) is 4.79 Å². The van der Waals surface area contributed by atoms with Gasteiger partial charge in [0.1, 0.15) is 0 Å². The number of aromatic nitrogens is 2. The van der Waals surface area contributed by atoms with E-state index in [1.54, 1.807) is 6.20 Å². The average Bonchev–Trinajstić information content (AvgIpc) is 3.00. The molecular formula is C21H30N4O2. The van der Waals surface area contributed by atoms with Gasteiger partial charge in [-0.1, -0.05) is 19.9 Å². The largest absolute Gasteiger partial charge is 0.373 e. The predicted octanol–water partition coefficient (Wildman–Crippen LogP) is 3.25. The second kappa shape index (κ2) is 8.23. The van der Waals surface area contributed by atoms with Crippen LogP contribution in [0, 0.1) is 12.8 Å². The Morgan fingerprint density at radius 3 is 2.52 bits per heavy atom. The Morgan fingerprint density at radius 2 is 1.93 bits per heavy atom. The van der Waals surface area contributed by atoms with Crippen LogP contribution in [-0.4, -0.2) is 51.9 Å². The Kier molecular flexibility index (Phi) is 5.97. The minimum Gasteiger partial charge on any atom is -0.373 e. The van der Waals surface area contributed by atoms with Gasteiger partial charge >= 0.3 is 0 Å². The number of carbonyl (C=O) groups excluding carboxylic acids is 1. The highest BCUT2D eigenvalue weighted by molar-refractivity contribution is 5.95. The van der Waals surface area contributed by atoms with Crippen LogP contribution in [0.25, 0.3) is 5.69 Å². The molecule has 1 amide bonds. The molecular weight excluding hydrogens is 340 g/mol. The van der Waals surface area contributed by atoms with E-state index < -0.39 is 0 Å². The molecule has 1 aliphatic rings. The van der Waals surface area contributed by atoms with E-state index in [2.05, 4.69) is 43.0 Å². The second-order valence-corrected chi connectivity index (χ2v) is 7.82. The summed E-state index contributed by atoms with van der Waals surface area (Å²) in [6.07, 6.45) is 2.04. The van der Waals surface area contributed by atoms with Crippen molar-refractivity contribution in [2.75, 3.05) is 18.4 Å². The summed E-state index contributed by atoms with van der Waals surface area (Å²) >= 11 is 0. The molecule has 27 heavy (non-hydrogen) atoms. The van der Waals surface area contributed by atoms with Crippen LogP contribution < -0.4 is 5.32 Å². The number of aryl methyl sites for hydroxylation is 1. The van der Waals surface area contributed by atoms with E-state index in [1.165, 1.54) is 0 Å². The van der Waals surface area contributed by atoms with Crippen molar-refractivity contribution < 1.29 is 9.53 Å². The molecule has 6 heteroatoms. The zero-order valence-corrected chi connectivity index (χ0v) is 16.8. The fourth-order valence-corrected chi connectivity index (χ4v) is 3.91. The summed E-state index contributed by atoms with van der Waals surface area (Å²) in [7, 11) is 0. The second-order valence-electron chi connectivity index (χ2n) is 7.82. The highest BCUT2D eigenvalue weighted by Crippen LogP contribution is 2.21. The van der Waals surface area contributed by atoms with Gasteiger partial charge in [0.15, 0.2) is 0 Å². The SMILES string of the molecule is Cc1ccnn1-c1cccc(NC(=O)C(C(C)C)N2CC(C)OC(C)C2)c1. The van der Waals surface area contributed by atoms with E-state index in [-0.39, 0.29) is 30.1 Å². The molecule has 2 aromatic rings. The van der Waals surface area contributed by atoms with Crippen molar-refractivity contribution in [3.05, 3.63) is 42.2 Å². The Bertz CT molecular complexity index is 776. The summed E-state index contributed by atoms with van der Waals surface area (Å²) in [6, 6.07) is 9.58. The molecule has 1 fully saturated rings. The van der Waals surface area contributed by atoms with E-state index >= 15 is 0 Å². The lowest BCUT2D eigenvalue weighted by molar-refractivity contribution is -0.130. The van der Waals surface area contributed by atoms with Crippen molar-refractivity contribution in [1.82, 2.24) is 14.7 Å². The number of nitrogens with one attached hydrogen (secondary N) is 1. The van der Waals surface area contributed by atoms with E-state index in [4.69, 9.17) is 4.74 Å². The summed E-state index contributed by atoms with van der Waals surface area (Å²) in [6.45, 7) is 11.9. The van der Waals surface area contributed by atoms with Gasteiger partial charge < -0.3 is 10.1 Å².